The topological polar surface area (TPSA) is 97.7 Å². The molecular formula is C16H13N3O3. The van der Waals surface area contributed by atoms with Crippen LogP contribution in [0.5, 0.6) is 11.5 Å². The Morgan fingerprint density at radius 1 is 1.09 bits per heavy atom. The van der Waals surface area contributed by atoms with Gasteiger partial charge >= 0.3 is 0 Å². The quantitative estimate of drug-likeness (QED) is 0.339. The molecule has 6 heteroatoms. The number of benzene rings is 2. The monoisotopic (exact) mass is 295 g/mol. The first-order valence-corrected chi connectivity index (χ1v) is 6.56. The summed E-state index contributed by atoms with van der Waals surface area (Å²) in [5.41, 5.74) is 4.23. The number of aromatic amines is 1. The van der Waals surface area contributed by atoms with Crippen LogP contribution in [0.3, 0.4) is 0 Å². The van der Waals surface area contributed by atoms with Gasteiger partial charge in [-0.15, -0.1) is 0 Å². The van der Waals surface area contributed by atoms with Crippen molar-refractivity contribution in [2.24, 2.45) is 5.10 Å². The zero-order valence-electron chi connectivity index (χ0n) is 11.4. The van der Waals surface area contributed by atoms with Gasteiger partial charge in [0.05, 0.1) is 6.21 Å². The molecule has 6 nitrogen and oxygen atoms in total. The second-order valence-corrected chi connectivity index (χ2v) is 4.72. The molecule has 3 rings (SSSR count). The number of rotatable bonds is 3. The third-order valence-electron chi connectivity index (χ3n) is 3.15. The summed E-state index contributed by atoms with van der Waals surface area (Å²) in [5, 5.41) is 23.3. The molecule has 3 aromatic rings. The molecule has 0 saturated carbocycles. The van der Waals surface area contributed by atoms with Gasteiger partial charge < -0.3 is 15.2 Å². The lowest BCUT2D eigenvalue weighted by Crippen LogP contribution is -2.17. The van der Waals surface area contributed by atoms with Crippen LogP contribution < -0.4 is 5.43 Å². The number of phenols is 2. The van der Waals surface area contributed by atoms with E-state index in [0.717, 1.165) is 10.9 Å². The first-order chi connectivity index (χ1) is 10.6. The van der Waals surface area contributed by atoms with E-state index >= 15 is 0 Å². The minimum atomic E-state index is -0.365. The molecule has 2 aromatic carbocycles. The molecule has 4 N–H and O–H groups in total. The van der Waals surface area contributed by atoms with Crippen LogP contribution in [0.15, 0.2) is 53.6 Å². The van der Waals surface area contributed by atoms with Crippen LogP contribution in [-0.4, -0.2) is 27.3 Å². The van der Waals surface area contributed by atoms with E-state index in [1.165, 1.54) is 18.3 Å². The maximum Gasteiger partial charge on any atom is 0.287 e. The van der Waals surface area contributed by atoms with Gasteiger partial charge in [0.15, 0.2) is 11.5 Å². The van der Waals surface area contributed by atoms with Crippen molar-refractivity contribution in [3.05, 3.63) is 59.8 Å². The minimum Gasteiger partial charge on any atom is -0.504 e. The SMILES string of the molecule is O=C(N/N=C/c1ccc(O)c(O)c1)c1cc2ccccc2[nH]1. The first kappa shape index (κ1) is 13.7. The molecule has 0 fully saturated rings. The molecule has 1 heterocycles. The molecule has 0 aliphatic rings. The van der Waals surface area contributed by atoms with E-state index in [4.69, 9.17) is 0 Å². The fourth-order valence-electron chi connectivity index (χ4n) is 2.04. The first-order valence-electron chi connectivity index (χ1n) is 6.56. The number of carbonyl (C=O) groups excluding carboxylic acids is 1. The highest BCUT2D eigenvalue weighted by atomic mass is 16.3. The van der Waals surface area contributed by atoms with Crippen LogP contribution in [0.1, 0.15) is 16.1 Å². The molecule has 0 aliphatic heterocycles. The predicted molar refractivity (Wildman–Crippen MR) is 83.1 cm³/mol. The highest BCUT2D eigenvalue weighted by Gasteiger charge is 2.07. The number of phenolic OH excluding ortho intramolecular Hbond substituents is 2. The maximum atomic E-state index is 12.0. The number of hydrazone groups is 1. The van der Waals surface area contributed by atoms with E-state index in [1.54, 1.807) is 12.1 Å². The smallest absolute Gasteiger partial charge is 0.287 e. The molecular weight excluding hydrogens is 282 g/mol. The van der Waals surface area contributed by atoms with Gasteiger partial charge in [-0.25, -0.2) is 5.43 Å². The Balaban J connectivity index is 1.71. The molecule has 0 saturated heterocycles. The average molecular weight is 295 g/mol. The summed E-state index contributed by atoms with van der Waals surface area (Å²) in [4.78, 5) is 15.0. The Labute approximate surface area is 125 Å². The lowest BCUT2D eigenvalue weighted by atomic mass is 10.2. The molecule has 0 atom stereocenters. The fourth-order valence-corrected chi connectivity index (χ4v) is 2.04. The number of H-pyrrole nitrogens is 1. The summed E-state index contributed by atoms with van der Waals surface area (Å²) < 4.78 is 0. The second-order valence-electron chi connectivity index (χ2n) is 4.72. The summed E-state index contributed by atoms with van der Waals surface area (Å²) in [6, 6.07) is 13.6. The van der Waals surface area contributed by atoms with Gasteiger partial charge in [-0.3, -0.25) is 4.79 Å². The number of para-hydroxylation sites is 1. The van der Waals surface area contributed by atoms with Crippen molar-refractivity contribution in [3.8, 4) is 11.5 Å². The Morgan fingerprint density at radius 3 is 2.68 bits per heavy atom. The van der Waals surface area contributed by atoms with Crippen molar-refractivity contribution in [1.82, 2.24) is 10.4 Å². The standard InChI is InChI=1S/C16H13N3O3/c20-14-6-5-10(7-15(14)21)9-17-19-16(22)13-8-11-3-1-2-4-12(11)18-13/h1-9,18,20-21H,(H,19,22)/b17-9+. The van der Waals surface area contributed by atoms with Crippen molar-refractivity contribution in [1.29, 1.82) is 0 Å². The lowest BCUT2D eigenvalue weighted by molar-refractivity contribution is 0.0951. The zero-order chi connectivity index (χ0) is 15.5. The average Bonchev–Trinajstić information content (AvgIpc) is 2.95. The number of carbonyl (C=O) groups is 1. The fraction of sp³-hybridized carbons (Fsp3) is 0. The third-order valence-corrected chi connectivity index (χ3v) is 3.15. The van der Waals surface area contributed by atoms with E-state index in [2.05, 4.69) is 15.5 Å². The Bertz CT molecular complexity index is 835. The zero-order valence-corrected chi connectivity index (χ0v) is 11.4. The van der Waals surface area contributed by atoms with E-state index in [1.807, 2.05) is 24.3 Å². The Morgan fingerprint density at radius 2 is 1.91 bits per heavy atom. The molecule has 110 valence electrons. The Hall–Kier alpha value is -3.28. The summed E-state index contributed by atoms with van der Waals surface area (Å²) in [6.07, 6.45) is 1.37. The molecule has 0 aliphatic carbocycles. The van der Waals surface area contributed by atoms with Crippen LogP contribution in [0.25, 0.3) is 10.9 Å². The number of aromatic nitrogens is 1. The highest BCUT2D eigenvalue weighted by molar-refractivity contribution is 5.98. The van der Waals surface area contributed by atoms with E-state index in [0.29, 0.717) is 11.3 Å². The van der Waals surface area contributed by atoms with Crippen molar-refractivity contribution < 1.29 is 15.0 Å². The molecule has 0 radical (unpaired) electrons. The van der Waals surface area contributed by atoms with Gasteiger partial charge in [0, 0.05) is 10.9 Å². The van der Waals surface area contributed by atoms with Crippen molar-refractivity contribution in [3.63, 3.8) is 0 Å². The lowest BCUT2D eigenvalue weighted by Gasteiger charge is -1.99. The molecule has 1 aromatic heterocycles. The Kier molecular flexibility index (Phi) is 3.49. The summed E-state index contributed by atoms with van der Waals surface area (Å²) in [6.45, 7) is 0. The van der Waals surface area contributed by atoms with Gasteiger partial charge in [-0.2, -0.15) is 5.10 Å². The number of hydrogen-bond acceptors (Lipinski definition) is 4. The largest absolute Gasteiger partial charge is 0.504 e. The number of hydrogen-bond donors (Lipinski definition) is 4. The van der Waals surface area contributed by atoms with E-state index in [-0.39, 0.29) is 17.4 Å². The second kappa shape index (κ2) is 5.61. The molecule has 0 spiro atoms. The van der Waals surface area contributed by atoms with Crippen LogP contribution in [-0.2, 0) is 0 Å². The van der Waals surface area contributed by atoms with Gasteiger partial charge in [-0.05, 0) is 35.9 Å². The van der Waals surface area contributed by atoms with Crippen LogP contribution in [0, 0.1) is 0 Å². The van der Waals surface area contributed by atoms with Crippen LogP contribution >= 0.6 is 0 Å². The number of fused-ring (bicyclic) bond motifs is 1. The molecule has 1 amide bonds. The van der Waals surface area contributed by atoms with Gasteiger partial charge in [0.1, 0.15) is 5.69 Å². The van der Waals surface area contributed by atoms with Crippen molar-refractivity contribution in [2.45, 2.75) is 0 Å². The molecule has 0 bridgehead atoms. The minimum absolute atomic E-state index is 0.209. The summed E-state index contributed by atoms with van der Waals surface area (Å²) >= 11 is 0. The van der Waals surface area contributed by atoms with E-state index < -0.39 is 0 Å². The van der Waals surface area contributed by atoms with Crippen molar-refractivity contribution >= 4 is 23.0 Å². The van der Waals surface area contributed by atoms with Crippen LogP contribution in [0.2, 0.25) is 0 Å². The molecule has 22 heavy (non-hydrogen) atoms. The summed E-state index contributed by atoms with van der Waals surface area (Å²) in [5.74, 6) is -0.819. The maximum absolute atomic E-state index is 12.0. The van der Waals surface area contributed by atoms with Gasteiger partial charge in [0.25, 0.3) is 5.91 Å². The normalized spacial score (nSPS) is 11.1. The van der Waals surface area contributed by atoms with Gasteiger partial charge in [-0.1, -0.05) is 18.2 Å². The van der Waals surface area contributed by atoms with Gasteiger partial charge in [0.2, 0.25) is 0 Å². The molecule has 0 unspecified atom stereocenters. The number of nitrogens with one attached hydrogen (secondary N) is 2. The number of aromatic hydroxyl groups is 2. The predicted octanol–water partition coefficient (Wildman–Crippen LogP) is 2.34. The summed E-state index contributed by atoms with van der Waals surface area (Å²) in [7, 11) is 0. The highest BCUT2D eigenvalue weighted by Crippen LogP contribution is 2.23. The van der Waals surface area contributed by atoms with Crippen molar-refractivity contribution in [2.75, 3.05) is 0 Å². The number of amides is 1. The third kappa shape index (κ3) is 2.76. The van der Waals surface area contributed by atoms with E-state index in [9.17, 15) is 15.0 Å². The van der Waals surface area contributed by atoms with Crippen LogP contribution in [0.4, 0.5) is 0 Å². The number of nitrogens with zero attached hydrogens (tertiary/aromatic N) is 1.